The van der Waals surface area contributed by atoms with Crippen molar-refractivity contribution >= 4 is 0 Å². The Bertz CT molecular complexity index is 3030. The van der Waals surface area contributed by atoms with Crippen molar-refractivity contribution in [2.45, 2.75) is 72.9 Å². The van der Waals surface area contributed by atoms with Gasteiger partial charge in [0.1, 0.15) is 33.7 Å². The van der Waals surface area contributed by atoms with Crippen LogP contribution in [0.15, 0.2) is 57.5 Å². The van der Waals surface area contributed by atoms with Crippen LogP contribution in [0.5, 0.6) is 0 Å². The minimum atomic E-state index is -1.23. The summed E-state index contributed by atoms with van der Waals surface area (Å²) in [7, 11) is 4.77. The first kappa shape index (κ1) is 51.0. The Morgan fingerprint density at radius 3 is 0.800 bits per heavy atom. The Balaban J connectivity index is 1.49. The van der Waals surface area contributed by atoms with Gasteiger partial charge < -0.3 is 38.6 Å². The quantitative estimate of drug-likeness (QED) is 0.0552. The molecule has 0 unspecified atom stereocenters. The summed E-state index contributed by atoms with van der Waals surface area (Å²) in [5.74, 6) is 0. The summed E-state index contributed by atoms with van der Waals surface area (Å²) in [4.78, 5) is 156. The number of aliphatic hydroxyl groups excluding tert-OH is 2. The van der Waals surface area contributed by atoms with Crippen LogP contribution in [0, 0.1) is 0 Å². The third-order valence-corrected chi connectivity index (χ3v) is 9.38. The van der Waals surface area contributed by atoms with Crippen LogP contribution in [-0.2, 0) is 108 Å². The number of hydrogen-bond donors (Lipinski definition) is 2. The summed E-state index contributed by atoms with van der Waals surface area (Å²) in [6, 6.07) is 0. The molecule has 0 saturated heterocycles. The van der Waals surface area contributed by atoms with E-state index in [9.17, 15) is 67.7 Å². The Hall–Kier alpha value is -6.68. The van der Waals surface area contributed by atoms with Crippen molar-refractivity contribution in [2.75, 3.05) is 61.0 Å². The molecule has 4 heterocycles. The molecule has 32 nitrogen and oxygen atoms in total. The minimum absolute atomic E-state index is 0.0587. The zero-order valence-corrected chi connectivity index (χ0v) is 35.6. The highest BCUT2D eigenvalue weighted by Gasteiger charge is 2.20. The molecule has 32 heteroatoms. The maximum Gasteiger partial charge on any atom is 0.340 e. The zero-order chi connectivity index (χ0) is 48.1. The van der Waals surface area contributed by atoms with Gasteiger partial charge in [0.05, 0.1) is 78.9 Å². The van der Waals surface area contributed by atoms with E-state index in [0.29, 0.717) is 50.2 Å². The highest BCUT2D eigenvalue weighted by molar-refractivity contribution is 4.82. The lowest BCUT2D eigenvalue weighted by molar-refractivity contribution is 0.0433. The topological polar surface area (TPSA) is 360 Å². The predicted octanol–water partition coefficient (Wildman–Crippen LogP) is -9.97. The number of nitrogens with zero attached hydrogens (tertiary/aromatic N) is 12. The molecule has 0 saturated carbocycles. The van der Waals surface area contributed by atoms with Crippen molar-refractivity contribution in [3.05, 3.63) is 126 Å². The van der Waals surface area contributed by atoms with Gasteiger partial charge in [-0.3, -0.25) is 0 Å². The standard InChI is InChI=1S/C33H48N12O20/c1-34-22(48)43(19-63-14-8-38-25(51)35(5-11-46)24(50)37(28(38)54)7-13-60-2)33(59)44(23(34)49)20-64-15-9-39-26(52)36(6-12-47)27(53)40(29(39)55)10-16-65-21-45-31(57)41(17-61-3)30(56)42(18-62-4)32(45)58/h46-47H,5-21H2,1-4H3. The van der Waals surface area contributed by atoms with Crippen molar-refractivity contribution in [3.63, 3.8) is 0 Å². The van der Waals surface area contributed by atoms with Crippen molar-refractivity contribution in [1.82, 2.24) is 54.8 Å². The SMILES string of the molecule is COCCn1c(=O)n(CCO)c(=O)n(CCOCn2c(=O)n(C)c(=O)n(COCCn3c(=O)n(CCO)c(=O)n(CCOCn4c(=O)n(COC)c(=O)n(COC)c4=O)c3=O)c2=O)c1=O. The molecular formula is C33H48N12O20. The molecule has 4 rings (SSSR count). The van der Waals surface area contributed by atoms with E-state index in [1.807, 2.05) is 0 Å². The van der Waals surface area contributed by atoms with E-state index in [1.165, 1.54) is 21.3 Å². The minimum Gasteiger partial charge on any atom is -0.395 e. The van der Waals surface area contributed by atoms with Gasteiger partial charge in [-0.1, -0.05) is 0 Å². The normalized spacial score (nSPS) is 11.5. The Labute approximate surface area is 360 Å². The first-order valence-electron chi connectivity index (χ1n) is 19.2. The molecule has 0 spiro atoms. The van der Waals surface area contributed by atoms with E-state index >= 15 is 0 Å². The molecule has 4 aromatic heterocycles. The largest absolute Gasteiger partial charge is 0.395 e. The molecule has 0 amide bonds. The van der Waals surface area contributed by atoms with Crippen LogP contribution in [0.25, 0.3) is 0 Å². The molecule has 0 bridgehead atoms. The monoisotopic (exact) mass is 932 g/mol. The maximum atomic E-state index is 13.4. The van der Waals surface area contributed by atoms with Crippen molar-refractivity contribution < 1.29 is 38.6 Å². The van der Waals surface area contributed by atoms with Crippen LogP contribution in [-0.4, -0.2) is 126 Å². The van der Waals surface area contributed by atoms with E-state index in [1.54, 1.807) is 0 Å². The molecule has 0 aliphatic heterocycles. The fourth-order valence-electron chi connectivity index (χ4n) is 6.08. The van der Waals surface area contributed by atoms with Gasteiger partial charge in [0.25, 0.3) is 0 Å². The molecular weight excluding hydrogens is 884 g/mol. The van der Waals surface area contributed by atoms with E-state index in [0.717, 1.165) is 11.6 Å². The van der Waals surface area contributed by atoms with Crippen LogP contribution in [0.3, 0.4) is 0 Å². The first-order valence-corrected chi connectivity index (χ1v) is 19.2. The number of rotatable bonds is 26. The van der Waals surface area contributed by atoms with E-state index < -0.39 is 168 Å². The number of aromatic nitrogens is 12. The van der Waals surface area contributed by atoms with Gasteiger partial charge in [-0.05, 0) is 0 Å². The van der Waals surface area contributed by atoms with Crippen LogP contribution in [0.4, 0.5) is 0 Å². The smallest absolute Gasteiger partial charge is 0.340 e. The van der Waals surface area contributed by atoms with Crippen LogP contribution in [0.1, 0.15) is 0 Å². The second kappa shape index (κ2) is 23.3. The van der Waals surface area contributed by atoms with Crippen molar-refractivity contribution in [3.8, 4) is 0 Å². The molecule has 0 aliphatic rings. The third-order valence-electron chi connectivity index (χ3n) is 9.38. The van der Waals surface area contributed by atoms with E-state index in [2.05, 4.69) is 0 Å². The average Bonchev–Trinajstić information content (AvgIpc) is 3.28. The van der Waals surface area contributed by atoms with Crippen molar-refractivity contribution in [2.24, 2.45) is 7.05 Å². The molecule has 65 heavy (non-hydrogen) atoms. The zero-order valence-electron chi connectivity index (χ0n) is 35.6. The Kier molecular flexibility index (Phi) is 18.3. The maximum absolute atomic E-state index is 13.4. The molecule has 0 aromatic carbocycles. The highest BCUT2D eigenvalue weighted by Crippen LogP contribution is 1.88. The van der Waals surface area contributed by atoms with Gasteiger partial charge in [0.15, 0.2) is 0 Å². The van der Waals surface area contributed by atoms with Crippen molar-refractivity contribution in [1.29, 1.82) is 0 Å². The summed E-state index contributed by atoms with van der Waals surface area (Å²) in [6.07, 6.45) is 0. The van der Waals surface area contributed by atoms with Crippen LogP contribution >= 0.6 is 0 Å². The first-order chi connectivity index (χ1) is 31.0. The summed E-state index contributed by atoms with van der Waals surface area (Å²) in [5.41, 5.74) is -13.3. The average molecular weight is 933 g/mol. The van der Waals surface area contributed by atoms with Gasteiger partial charge in [-0.15, -0.1) is 0 Å². The Morgan fingerprint density at radius 1 is 0.308 bits per heavy atom. The molecule has 0 radical (unpaired) electrons. The number of ether oxygens (including phenoxy) is 6. The van der Waals surface area contributed by atoms with Gasteiger partial charge in [0.2, 0.25) is 0 Å². The highest BCUT2D eigenvalue weighted by atomic mass is 16.5. The lowest BCUT2D eigenvalue weighted by atomic mass is 10.5. The fourth-order valence-corrected chi connectivity index (χ4v) is 6.08. The molecule has 0 fully saturated rings. The summed E-state index contributed by atoms with van der Waals surface area (Å²) in [5, 5.41) is 18.9. The van der Waals surface area contributed by atoms with Gasteiger partial charge >= 0.3 is 68.3 Å². The van der Waals surface area contributed by atoms with Crippen LogP contribution < -0.4 is 68.3 Å². The van der Waals surface area contributed by atoms with E-state index in [-0.39, 0.29) is 13.2 Å². The molecule has 2 N–H and O–H groups in total. The van der Waals surface area contributed by atoms with Gasteiger partial charge in [0, 0.05) is 28.4 Å². The van der Waals surface area contributed by atoms with Gasteiger partial charge in [-0.2, -0.15) is 0 Å². The third kappa shape index (κ3) is 11.0. The van der Waals surface area contributed by atoms with E-state index in [4.69, 9.17) is 28.4 Å². The fraction of sp³-hybridized carbons (Fsp3) is 0.636. The summed E-state index contributed by atoms with van der Waals surface area (Å²) >= 11 is 0. The van der Waals surface area contributed by atoms with Crippen LogP contribution in [0.2, 0.25) is 0 Å². The molecule has 360 valence electrons. The second-order valence-electron chi connectivity index (χ2n) is 13.4. The number of aliphatic hydroxyl groups is 2. The number of hydrogen-bond acceptors (Lipinski definition) is 20. The second-order valence-corrected chi connectivity index (χ2v) is 13.4. The summed E-state index contributed by atoms with van der Waals surface area (Å²) in [6.45, 7) is -9.17. The summed E-state index contributed by atoms with van der Waals surface area (Å²) < 4.78 is 37.7. The van der Waals surface area contributed by atoms with Gasteiger partial charge in [-0.25, -0.2) is 112 Å². The lowest BCUT2D eigenvalue weighted by Gasteiger charge is -2.15. The molecule has 0 atom stereocenters. The lowest BCUT2D eigenvalue weighted by Crippen LogP contribution is -2.56. The predicted molar refractivity (Wildman–Crippen MR) is 216 cm³/mol. The molecule has 0 aliphatic carbocycles. The molecule has 4 aromatic rings. The Morgan fingerprint density at radius 2 is 0.538 bits per heavy atom. The number of methoxy groups -OCH3 is 3.